The van der Waals surface area contributed by atoms with Crippen LogP contribution >= 0.6 is 0 Å². The molecule has 4 atom stereocenters. The molecule has 0 fully saturated rings. The van der Waals surface area contributed by atoms with Crippen LogP contribution in [-0.2, 0) is 0 Å². The van der Waals surface area contributed by atoms with Gasteiger partial charge in [0.25, 0.3) is 0 Å². The van der Waals surface area contributed by atoms with Crippen LogP contribution in [0.1, 0.15) is 13.8 Å². The van der Waals surface area contributed by atoms with Crippen LogP contribution in [0.3, 0.4) is 0 Å². The van der Waals surface area contributed by atoms with Gasteiger partial charge in [-0.2, -0.15) is 0 Å². The Morgan fingerprint density at radius 1 is 0.900 bits per heavy atom. The molecule has 0 saturated carbocycles. The van der Waals surface area contributed by atoms with Gasteiger partial charge in [-0.05, 0) is 0 Å². The van der Waals surface area contributed by atoms with E-state index in [9.17, 15) is 10.2 Å². The summed E-state index contributed by atoms with van der Waals surface area (Å²) in [5, 5.41) is 18.6. The van der Waals surface area contributed by atoms with Gasteiger partial charge in [-0.25, -0.2) is 0 Å². The number of rotatable bonds is 0. The fourth-order valence-corrected chi connectivity index (χ4v) is 1.20. The Morgan fingerprint density at radius 3 is 1.50 bits per heavy atom. The first-order valence-electron chi connectivity index (χ1n) is 3.67. The van der Waals surface area contributed by atoms with Gasteiger partial charge < -0.3 is 10.2 Å². The Bertz CT molecular complexity index is 126. The molecule has 0 aromatic carbocycles. The first-order valence-corrected chi connectivity index (χ1v) is 3.67. The highest BCUT2D eigenvalue weighted by Gasteiger charge is 2.28. The molecule has 10 heavy (non-hydrogen) atoms. The molecule has 1 aliphatic carbocycles. The third kappa shape index (κ3) is 1.22. The fraction of sp³-hybridized carbons (Fsp3) is 0.750. The average Bonchev–Trinajstić information content (AvgIpc) is 1.93. The summed E-state index contributed by atoms with van der Waals surface area (Å²) in [5.74, 6) is 0.178. The van der Waals surface area contributed by atoms with Gasteiger partial charge in [-0.15, -0.1) is 0 Å². The van der Waals surface area contributed by atoms with E-state index in [-0.39, 0.29) is 11.8 Å². The van der Waals surface area contributed by atoms with Crippen LogP contribution in [0.2, 0.25) is 0 Å². The number of aliphatic hydroxyl groups excluding tert-OH is 2. The van der Waals surface area contributed by atoms with E-state index in [0.29, 0.717) is 0 Å². The summed E-state index contributed by atoms with van der Waals surface area (Å²) in [4.78, 5) is 0. The summed E-state index contributed by atoms with van der Waals surface area (Å²) in [6.45, 7) is 3.80. The highest BCUT2D eigenvalue weighted by molar-refractivity contribution is 5.03. The van der Waals surface area contributed by atoms with Crippen LogP contribution in [0, 0.1) is 11.8 Å². The molecule has 0 unspecified atom stereocenters. The van der Waals surface area contributed by atoms with Crippen molar-refractivity contribution in [3.05, 3.63) is 12.2 Å². The lowest BCUT2D eigenvalue weighted by atomic mass is 9.85. The molecule has 2 nitrogen and oxygen atoms in total. The molecule has 0 aromatic heterocycles. The minimum absolute atomic E-state index is 0.0891. The molecule has 0 saturated heterocycles. The summed E-state index contributed by atoms with van der Waals surface area (Å²) < 4.78 is 0. The van der Waals surface area contributed by atoms with Crippen molar-refractivity contribution in [1.29, 1.82) is 0 Å². The summed E-state index contributed by atoms with van der Waals surface area (Å²) in [5.41, 5.74) is 0. The van der Waals surface area contributed by atoms with E-state index in [2.05, 4.69) is 0 Å². The first-order chi connectivity index (χ1) is 4.63. The largest absolute Gasteiger partial charge is 0.390 e. The molecule has 0 aliphatic heterocycles. The second-order valence-electron chi connectivity index (χ2n) is 3.08. The number of hydrogen-bond donors (Lipinski definition) is 2. The van der Waals surface area contributed by atoms with Crippen LogP contribution in [0.5, 0.6) is 0 Å². The molecule has 0 aromatic rings. The predicted molar refractivity (Wildman–Crippen MR) is 39.5 cm³/mol. The van der Waals surface area contributed by atoms with Gasteiger partial charge in [-0.3, -0.25) is 0 Å². The standard InChI is InChI=1S/C8H14O2/c1-5-3-4-6(2)8(10)7(5)9/h3-10H,1-2H3/t5-,6-,7+,8+/m0/s1. The van der Waals surface area contributed by atoms with Gasteiger partial charge in [0, 0.05) is 11.8 Å². The molecule has 58 valence electrons. The maximum Gasteiger partial charge on any atom is 0.0864 e. The minimum Gasteiger partial charge on any atom is -0.390 e. The van der Waals surface area contributed by atoms with Crippen LogP contribution in [0.15, 0.2) is 12.2 Å². The maximum atomic E-state index is 9.32. The highest BCUT2D eigenvalue weighted by Crippen LogP contribution is 2.22. The second kappa shape index (κ2) is 2.72. The summed E-state index contributed by atoms with van der Waals surface area (Å²) in [6.07, 6.45) is 2.73. The van der Waals surface area contributed by atoms with Gasteiger partial charge >= 0.3 is 0 Å². The molecule has 0 amide bonds. The molecule has 0 spiro atoms. The van der Waals surface area contributed by atoms with Crippen molar-refractivity contribution in [2.45, 2.75) is 26.1 Å². The van der Waals surface area contributed by atoms with Gasteiger partial charge in [0.2, 0.25) is 0 Å². The van der Waals surface area contributed by atoms with Crippen molar-refractivity contribution in [2.75, 3.05) is 0 Å². The zero-order chi connectivity index (χ0) is 7.72. The van der Waals surface area contributed by atoms with Crippen LogP contribution < -0.4 is 0 Å². The van der Waals surface area contributed by atoms with Crippen molar-refractivity contribution in [1.82, 2.24) is 0 Å². The maximum absolute atomic E-state index is 9.32. The van der Waals surface area contributed by atoms with Gasteiger partial charge in [0.1, 0.15) is 0 Å². The van der Waals surface area contributed by atoms with Crippen molar-refractivity contribution in [3.8, 4) is 0 Å². The van der Waals surface area contributed by atoms with Crippen molar-refractivity contribution < 1.29 is 10.2 Å². The van der Waals surface area contributed by atoms with E-state index >= 15 is 0 Å². The van der Waals surface area contributed by atoms with Crippen LogP contribution in [0.4, 0.5) is 0 Å². The smallest absolute Gasteiger partial charge is 0.0864 e. The van der Waals surface area contributed by atoms with Gasteiger partial charge in [-0.1, -0.05) is 26.0 Å². The molecular formula is C8H14O2. The monoisotopic (exact) mass is 142 g/mol. The van der Waals surface area contributed by atoms with Crippen LogP contribution in [0.25, 0.3) is 0 Å². The molecule has 0 bridgehead atoms. The Labute approximate surface area is 61.2 Å². The Morgan fingerprint density at radius 2 is 1.20 bits per heavy atom. The lowest BCUT2D eigenvalue weighted by Gasteiger charge is -2.29. The van der Waals surface area contributed by atoms with E-state index in [4.69, 9.17) is 0 Å². The Hall–Kier alpha value is -0.340. The zero-order valence-electron chi connectivity index (χ0n) is 6.36. The quantitative estimate of drug-likeness (QED) is 0.485. The molecule has 0 heterocycles. The van der Waals surface area contributed by atoms with Gasteiger partial charge in [0.15, 0.2) is 0 Å². The average molecular weight is 142 g/mol. The number of aliphatic hydroxyl groups is 2. The lowest BCUT2D eigenvalue weighted by molar-refractivity contribution is -0.0268. The predicted octanol–water partition coefficient (Wildman–Crippen LogP) is 0.550. The first kappa shape index (κ1) is 7.76. The molecule has 0 radical (unpaired) electrons. The molecule has 1 rings (SSSR count). The normalized spacial score (nSPS) is 47.6. The minimum atomic E-state index is -0.583. The molecule has 2 heteroatoms. The SMILES string of the molecule is C[C@H]1C=C[C@H](C)[C@@H](O)[C@@H]1O. The molecular weight excluding hydrogens is 128 g/mol. The fourth-order valence-electron chi connectivity index (χ4n) is 1.20. The zero-order valence-corrected chi connectivity index (χ0v) is 6.36. The van der Waals surface area contributed by atoms with E-state index in [1.807, 2.05) is 26.0 Å². The van der Waals surface area contributed by atoms with Crippen molar-refractivity contribution in [3.63, 3.8) is 0 Å². The van der Waals surface area contributed by atoms with E-state index < -0.39 is 12.2 Å². The third-order valence-corrected chi connectivity index (χ3v) is 2.15. The van der Waals surface area contributed by atoms with E-state index in [1.54, 1.807) is 0 Å². The van der Waals surface area contributed by atoms with Crippen molar-refractivity contribution >= 4 is 0 Å². The van der Waals surface area contributed by atoms with Gasteiger partial charge in [0.05, 0.1) is 12.2 Å². The topological polar surface area (TPSA) is 40.5 Å². The van der Waals surface area contributed by atoms with E-state index in [1.165, 1.54) is 0 Å². The highest BCUT2D eigenvalue weighted by atomic mass is 16.3. The van der Waals surface area contributed by atoms with Crippen molar-refractivity contribution in [2.24, 2.45) is 11.8 Å². The number of hydrogen-bond acceptors (Lipinski definition) is 2. The Kier molecular flexibility index (Phi) is 2.11. The summed E-state index contributed by atoms with van der Waals surface area (Å²) >= 11 is 0. The lowest BCUT2D eigenvalue weighted by Crippen LogP contribution is -2.38. The molecule has 1 aliphatic rings. The summed E-state index contributed by atoms with van der Waals surface area (Å²) in [6, 6.07) is 0. The Balaban J connectivity index is 2.69. The summed E-state index contributed by atoms with van der Waals surface area (Å²) in [7, 11) is 0. The molecule has 2 N–H and O–H groups in total. The van der Waals surface area contributed by atoms with E-state index in [0.717, 1.165) is 0 Å². The third-order valence-electron chi connectivity index (χ3n) is 2.15. The van der Waals surface area contributed by atoms with Crippen LogP contribution in [-0.4, -0.2) is 22.4 Å². The second-order valence-corrected chi connectivity index (χ2v) is 3.08.